The quantitative estimate of drug-likeness (QED) is 0.433. The van der Waals surface area contributed by atoms with Crippen molar-refractivity contribution in [1.29, 1.82) is 0 Å². The molecule has 1 aliphatic heterocycles. The highest BCUT2D eigenvalue weighted by Gasteiger charge is 2.35. The Morgan fingerprint density at radius 1 is 1.25 bits per heavy atom. The van der Waals surface area contributed by atoms with Crippen LogP contribution in [0.3, 0.4) is 0 Å². The molecule has 0 spiro atoms. The van der Waals surface area contributed by atoms with Crippen molar-refractivity contribution in [1.82, 2.24) is 35.4 Å². The first-order valence-corrected chi connectivity index (χ1v) is 11.4. The van der Waals surface area contributed by atoms with Crippen molar-refractivity contribution in [3.8, 4) is 0 Å². The van der Waals surface area contributed by atoms with E-state index in [4.69, 9.17) is 0 Å². The molecule has 1 saturated carbocycles. The molecule has 2 aromatic heterocycles. The number of aromatic amines is 1. The molecule has 1 saturated heterocycles. The number of hydrogen-bond acceptors (Lipinski definition) is 6. The molecular formula is C23H30N8O. The number of H-pyrrole nitrogens is 1. The number of nitrogens with zero attached hydrogens (tertiary/aromatic N) is 4. The van der Waals surface area contributed by atoms with Crippen LogP contribution in [0.25, 0.3) is 0 Å². The second-order valence-electron chi connectivity index (χ2n) is 8.78. The van der Waals surface area contributed by atoms with E-state index in [1.807, 2.05) is 42.1 Å². The largest absolute Gasteiger partial charge is 0.378 e. The molecule has 1 aliphatic carbocycles. The first-order chi connectivity index (χ1) is 15.7. The van der Waals surface area contributed by atoms with Gasteiger partial charge in [0.25, 0.3) is 5.91 Å². The Kier molecular flexibility index (Phi) is 5.89. The van der Waals surface area contributed by atoms with Gasteiger partial charge in [-0.1, -0.05) is 6.07 Å². The first kappa shape index (κ1) is 20.7. The van der Waals surface area contributed by atoms with Crippen LogP contribution in [0.1, 0.15) is 65.5 Å². The number of aryl methyl sites for hydroxylation is 1. The van der Waals surface area contributed by atoms with Crippen LogP contribution >= 0.6 is 0 Å². The van der Waals surface area contributed by atoms with E-state index in [2.05, 4.69) is 36.1 Å². The van der Waals surface area contributed by atoms with Gasteiger partial charge in [0.05, 0.1) is 12.6 Å². The standard InChI is InChI=1S/C23H30N8O/c1-31-12-11-25-22(31)20(15-5-6-15)28-23(32)17-3-2-4-18(13-17)26-14-19-27-21(30-29-19)16-7-9-24-10-8-16/h2-4,11-13,15-16,20,24,26H,5-10,14H2,1H3,(H,28,32)(H,27,29,30)/t20-/m1/s1. The third-order valence-electron chi connectivity index (χ3n) is 6.37. The van der Waals surface area contributed by atoms with Crippen LogP contribution < -0.4 is 16.0 Å². The Balaban J connectivity index is 1.21. The summed E-state index contributed by atoms with van der Waals surface area (Å²) in [5.74, 6) is 3.43. The van der Waals surface area contributed by atoms with Crippen molar-refractivity contribution < 1.29 is 4.79 Å². The van der Waals surface area contributed by atoms with Gasteiger partial charge in [0.2, 0.25) is 0 Å². The minimum absolute atomic E-state index is 0.0548. The number of benzene rings is 1. The molecule has 2 fully saturated rings. The zero-order valence-corrected chi connectivity index (χ0v) is 18.3. The number of carbonyl (C=O) groups excluding carboxylic acids is 1. The van der Waals surface area contributed by atoms with E-state index in [1.165, 1.54) is 0 Å². The SMILES string of the molecule is Cn1ccnc1[C@H](NC(=O)c1cccc(NCc2n[nH]c(C3CCNCC3)n2)c1)C1CC1. The number of amides is 1. The van der Waals surface area contributed by atoms with E-state index in [0.29, 0.717) is 23.9 Å². The minimum atomic E-state index is -0.0837. The van der Waals surface area contributed by atoms with Gasteiger partial charge in [0, 0.05) is 36.6 Å². The molecule has 9 nitrogen and oxygen atoms in total. The molecular weight excluding hydrogens is 404 g/mol. The van der Waals surface area contributed by atoms with E-state index in [1.54, 1.807) is 6.20 Å². The summed E-state index contributed by atoms with van der Waals surface area (Å²) in [6.45, 7) is 2.55. The summed E-state index contributed by atoms with van der Waals surface area (Å²) in [5.41, 5.74) is 1.49. The molecule has 0 unspecified atom stereocenters. The number of aromatic nitrogens is 5. The van der Waals surface area contributed by atoms with Crippen LogP contribution in [-0.4, -0.2) is 43.7 Å². The lowest BCUT2D eigenvalue weighted by molar-refractivity contribution is 0.0929. The predicted octanol–water partition coefficient (Wildman–Crippen LogP) is 2.50. The lowest BCUT2D eigenvalue weighted by Crippen LogP contribution is -2.31. The molecule has 1 aromatic carbocycles. The van der Waals surface area contributed by atoms with Crippen LogP contribution in [0.5, 0.6) is 0 Å². The summed E-state index contributed by atoms with van der Waals surface area (Å²) in [6.07, 6.45) is 8.10. The maximum absolute atomic E-state index is 13.0. The highest BCUT2D eigenvalue weighted by Crippen LogP contribution is 2.40. The number of nitrogens with one attached hydrogen (secondary N) is 4. The average molecular weight is 435 g/mol. The van der Waals surface area contributed by atoms with Gasteiger partial charge in [0.15, 0.2) is 5.82 Å². The van der Waals surface area contributed by atoms with Crippen molar-refractivity contribution in [2.75, 3.05) is 18.4 Å². The smallest absolute Gasteiger partial charge is 0.251 e. The Labute approximate surface area is 187 Å². The second-order valence-corrected chi connectivity index (χ2v) is 8.78. The van der Waals surface area contributed by atoms with Gasteiger partial charge < -0.3 is 20.5 Å². The van der Waals surface area contributed by atoms with Crippen LogP contribution in [-0.2, 0) is 13.6 Å². The Hall–Kier alpha value is -3.20. The molecule has 5 rings (SSSR count). The molecule has 1 atom stereocenters. The molecule has 3 heterocycles. The van der Waals surface area contributed by atoms with Gasteiger partial charge in [0.1, 0.15) is 11.6 Å². The maximum atomic E-state index is 13.0. The predicted molar refractivity (Wildman–Crippen MR) is 121 cm³/mol. The Morgan fingerprint density at radius 3 is 2.84 bits per heavy atom. The highest BCUT2D eigenvalue weighted by atomic mass is 16.1. The Bertz CT molecular complexity index is 1060. The summed E-state index contributed by atoms with van der Waals surface area (Å²) in [6, 6.07) is 7.50. The molecule has 4 N–H and O–H groups in total. The fourth-order valence-electron chi connectivity index (χ4n) is 4.34. The third kappa shape index (κ3) is 4.67. The Morgan fingerprint density at radius 2 is 2.09 bits per heavy atom. The zero-order chi connectivity index (χ0) is 21.9. The van der Waals surface area contributed by atoms with Gasteiger partial charge >= 0.3 is 0 Å². The third-order valence-corrected chi connectivity index (χ3v) is 6.37. The summed E-state index contributed by atoms with van der Waals surface area (Å²) in [4.78, 5) is 22.1. The number of rotatable bonds is 8. The zero-order valence-electron chi connectivity index (χ0n) is 18.3. The van der Waals surface area contributed by atoms with Crippen molar-refractivity contribution in [3.63, 3.8) is 0 Å². The number of carbonyl (C=O) groups is 1. The van der Waals surface area contributed by atoms with Crippen molar-refractivity contribution in [2.24, 2.45) is 13.0 Å². The lowest BCUT2D eigenvalue weighted by atomic mass is 9.98. The summed E-state index contributed by atoms with van der Waals surface area (Å²) in [7, 11) is 1.97. The lowest BCUT2D eigenvalue weighted by Gasteiger charge is -2.19. The fourth-order valence-corrected chi connectivity index (χ4v) is 4.34. The average Bonchev–Trinajstić information content (AvgIpc) is 3.40. The molecule has 9 heteroatoms. The summed E-state index contributed by atoms with van der Waals surface area (Å²) < 4.78 is 1.98. The van der Waals surface area contributed by atoms with Crippen LogP contribution in [0.2, 0.25) is 0 Å². The molecule has 0 bridgehead atoms. The van der Waals surface area contributed by atoms with Crippen molar-refractivity contribution in [3.05, 3.63) is 59.7 Å². The van der Waals surface area contributed by atoms with E-state index in [-0.39, 0.29) is 11.9 Å². The molecule has 32 heavy (non-hydrogen) atoms. The molecule has 2 aliphatic rings. The van der Waals surface area contributed by atoms with Crippen LogP contribution in [0, 0.1) is 5.92 Å². The molecule has 1 amide bonds. The summed E-state index contributed by atoms with van der Waals surface area (Å²) >= 11 is 0. The minimum Gasteiger partial charge on any atom is -0.378 e. The summed E-state index contributed by atoms with van der Waals surface area (Å²) in [5, 5.41) is 17.4. The van der Waals surface area contributed by atoms with Crippen LogP contribution in [0.4, 0.5) is 5.69 Å². The van der Waals surface area contributed by atoms with E-state index in [0.717, 1.165) is 61.9 Å². The number of hydrogen-bond donors (Lipinski definition) is 4. The fraction of sp³-hybridized carbons (Fsp3) is 0.478. The van der Waals surface area contributed by atoms with Gasteiger partial charge in [-0.2, -0.15) is 5.10 Å². The number of imidazole rings is 1. The number of anilines is 1. The van der Waals surface area contributed by atoms with Crippen molar-refractivity contribution in [2.45, 2.75) is 44.2 Å². The monoisotopic (exact) mass is 434 g/mol. The molecule has 0 radical (unpaired) electrons. The van der Waals surface area contributed by atoms with E-state index < -0.39 is 0 Å². The second kappa shape index (κ2) is 9.12. The van der Waals surface area contributed by atoms with Gasteiger partial charge in [-0.3, -0.25) is 9.89 Å². The normalized spacial score (nSPS) is 17.8. The number of piperidine rings is 1. The first-order valence-electron chi connectivity index (χ1n) is 11.4. The topological polar surface area (TPSA) is 113 Å². The highest BCUT2D eigenvalue weighted by molar-refractivity contribution is 5.95. The molecule has 3 aromatic rings. The maximum Gasteiger partial charge on any atom is 0.251 e. The van der Waals surface area contributed by atoms with Gasteiger partial charge in [-0.05, 0) is 62.9 Å². The van der Waals surface area contributed by atoms with Gasteiger partial charge in [-0.25, -0.2) is 9.97 Å². The van der Waals surface area contributed by atoms with E-state index >= 15 is 0 Å². The molecule has 168 valence electrons. The van der Waals surface area contributed by atoms with Crippen LogP contribution in [0.15, 0.2) is 36.7 Å². The van der Waals surface area contributed by atoms with Gasteiger partial charge in [-0.15, -0.1) is 0 Å². The van der Waals surface area contributed by atoms with Crippen molar-refractivity contribution >= 4 is 11.6 Å². The van der Waals surface area contributed by atoms with E-state index in [9.17, 15) is 4.79 Å².